The molecule has 1 amide bonds. The summed E-state index contributed by atoms with van der Waals surface area (Å²) in [6, 6.07) is 11.7. The molecule has 1 aromatic heterocycles. The van der Waals surface area contributed by atoms with E-state index < -0.39 is 12.1 Å². The van der Waals surface area contributed by atoms with E-state index >= 15 is 0 Å². The highest BCUT2D eigenvalue weighted by molar-refractivity contribution is 5.93. The van der Waals surface area contributed by atoms with E-state index in [4.69, 9.17) is 9.15 Å². The van der Waals surface area contributed by atoms with Crippen LogP contribution in [0, 0.1) is 13.8 Å². The molecule has 5 heteroatoms. The third kappa shape index (κ3) is 5.48. The van der Waals surface area contributed by atoms with Crippen LogP contribution in [0.1, 0.15) is 47.7 Å². The molecule has 1 N–H and O–H groups in total. The molecule has 1 aromatic carbocycles. The fourth-order valence-corrected chi connectivity index (χ4v) is 2.57. The number of carbonyl (C=O) groups is 2. The van der Waals surface area contributed by atoms with Crippen LogP contribution >= 0.6 is 0 Å². The SMILES string of the molecule is Cc1cc(C(=O)O[C@@H](C)C(=O)N[C@H](C)CCc2ccccc2)c(C)o1. The summed E-state index contributed by atoms with van der Waals surface area (Å²) in [6.45, 7) is 6.96. The summed E-state index contributed by atoms with van der Waals surface area (Å²) >= 11 is 0. The van der Waals surface area contributed by atoms with Crippen LogP contribution in [0.5, 0.6) is 0 Å². The second-order valence-corrected chi connectivity index (χ2v) is 6.31. The average Bonchev–Trinajstić information content (AvgIpc) is 2.92. The van der Waals surface area contributed by atoms with E-state index in [1.165, 1.54) is 5.56 Å². The average molecular weight is 343 g/mol. The maximum atomic E-state index is 12.2. The fraction of sp³-hybridized carbons (Fsp3) is 0.400. The number of hydrogen-bond donors (Lipinski definition) is 1. The predicted molar refractivity (Wildman–Crippen MR) is 95.4 cm³/mol. The first-order chi connectivity index (χ1) is 11.9. The number of nitrogens with one attached hydrogen (secondary N) is 1. The number of furan rings is 1. The minimum atomic E-state index is -0.860. The first-order valence-corrected chi connectivity index (χ1v) is 8.49. The molecule has 0 spiro atoms. The number of benzene rings is 1. The van der Waals surface area contributed by atoms with Crippen molar-refractivity contribution in [2.24, 2.45) is 0 Å². The largest absolute Gasteiger partial charge is 0.466 e. The molecule has 0 radical (unpaired) electrons. The van der Waals surface area contributed by atoms with Gasteiger partial charge in [-0.3, -0.25) is 4.79 Å². The summed E-state index contributed by atoms with van der Waals surface area (Å²) in [6.07, 6.45) is 0.835. The molecule has 0 aliphatic heterocycles. The number of hydrogen-bond acceptors (Lipinski definition) is 4. The van der Waals surface area contributed by atoms with Crippen molar-refractivity contribution in [1.29, 1.82) is 0 Å². The lowest BCUT2D eigenvalue weighted by Gasteiger charge is -2.18. The number of aryl methyl sites for hydroxylation is 3. The molecule has 134 valence electrons. The minimum absolute atomic E-state index is 0.00763. The van der Waals surface area contributed by atoms with E-state index in [0.717, 1.165) is 12.8 Å². The maximum absolute atomic E-state index is 12.2. The summed E-state index contributed by atoms with van der Waals surface area (Å²) < 4.78 is 10.6. The highest BCUT2D eigenvalue weighted by atomic mass is 16.5. The Labute approximate surface area is 148 Å². The second kappa shape index (κ2) is 8.51. The topological polar surface area (TPSA) is 68.5 Å². The predicted octanol–water partition coefficient (Wildman–Crippen LogP) is 3.58. The number of rotatable bonds is 7. The van der Waals surface area contributed by atoms with Crippen LogP contribution in [0.2, 0.25) is 0 Å². The Balaban J connectivity index is 1.81. The van der Waals surface area contributed by atoms with Gasteiger partial charge in [0.15, 0.2) is 6.10 Å². The zero-order valence-electron chi connectivity index (χ0n) is 15.2. The van der Waals surface area contributed by atoms with Gasteiger partial charge in [0, 0.05) is 6.04 Å². The van der Waals surface area contributed by atoms with Gasteiger partial charge in [-0.1, -0.05) is 30.3 Å². The molecule has 1 heterocycles. The van der Waals surface area contributed by atoms with E-state index in [-0.39, 0.29) is 11.9 Å². The first-order valence-electron chi connectivity index (χ1n) is 8.49. The molecule has 0 aliphatic carbocycles. The third-order valence-electron chi connectivity index (χ3n) is 4.01. The van der Waals surface area contributed by atoms with Gasteiger partial charge in [-0.25, -0.2) is 4.79 Å². The molecule has 2 rings (SSSR count). The van der Waals surface area contributed by atoms with Crippen molar-refractivity contribution < 1.29 is 18.7 Å². The first kappa shape index (κ1) is 18.8. The standard InChI is InChI=1S/C20H25NO4/c1-13(10-11-17-8-6-5-7-9-17)21-19(22)16(4)25-20(23)18-12-14(2)24-15(18)3/h5-9,12-13,16H,10-11H2,1-4H3,(H,21,22)/t13-,16+/m1/s1. The summed E-state index contributed by atoms with van der Waals surface area (Å²) in [7, 11) is 0. The van der Waals surface area contributed by atoms with Gasteiger partial charge in [-0.2, -0.15) is 0 Å². The molecule has 2 aromatic rings. The Morgan fingerprint density at radius 2 is 1.84 bits per heavy atom. The Morgan fingerprint density at radius 1 is 1.16 bits per heavy atom. The van der Waals surface area contributed by atoms with Crippen molar-refractivity contribution in [2.45, 2.75) is 52.7 Å². The number of carbonyl (C=O) groups excluding carboxylic acids is 2. The van der Waals surface area contributed by atoms with Crippen LogP contribution in [-0.2, 0) is 16.0 Å². The quantitative estimate of drug-likeness (QED) is 0.780. The molecule has 25 heavy (non-hydrogen) atoms. The molecule has 0 aliphatic rings. The molecule has 0 saturated carbocycles. The van der Waals surface area contributed by atoms with Crippen molar-refractivity contribution in [3.05, 3.63) is 59.0 Å². The van der Waals surface area contributed by atoms with E-state index in [9.17, 15) is 9.59 Å². The van der Waals surface area contributed by atoms with Gasteiger partial charge < -0.3 is 14.5 Å². The van der Waals surface area contributed by atoms with Crippen LogP contribution in [-0.4, -0.2) is 24.0 Å². The van der Waals surface area contributed by atoms with E-state index in [0.29, 0.717) is 17.1 Å². The smallest absolute Gasteiger partial charge is 0.342 e. The number of ether oxygens (including phenoxy) is 1. The van der Waals surface area contributed by atoms with E-state index in [1.807, 2.05) is 25.1 Å². The molecule has 0 unspecified atom stereocenters. The van der Waals surface area contributed by atoms with Gasteiger partial charge in [0.1, 0.15) is 17.1 Å². The van der Waals surface area contributed by atoms with Crippen LogP contribution in [0.4, 0.5) is 0 Å². The summed E-state index contributed by atoms with van der Waals surface area (Å²) in [5, 5.41) is 2.89. The fourth-order valence-electron chi connectivity index (χ4n) is 2.57. The van der Waals surface area contributed by atoms with Gasteiger partial charge in [-0.15, -0.1) is 0 Å². The summed E-state index contributed by atoms with van der Waals surface area (Å²) in [4.78, 5) is 24.3. The van der Waals surface area contributed by atoms with Crippen molar-refractivity contribution in [1.82, 2.24) is 5.32 Å². The highest BCUT2D eigenvalue weighted by Crippen LogP contribution is 2.15. The van der Waals surface area contributed by atoms with Gasteiger partial charge in [0.05, 0.1) is 0 Å². The summed E-state index contributed by atoms with van der Waals surface area (Å²) in [5.74, 6) is 0.281. The molecule has 0 saturated heterocycles. The Kier molecular flexibility index (Phi) is 6.39. The number of esters is 1. The Bertz CT molecular complexity index is 721. The van der Waals surface area contributed by atoms with E-state index in [1.54, 1.807) is 26.8 Å². The lowest BCUT2D eigenvalue weighted by molar-refractivity contribution is -0.129. The van der Waals surface area contributed by atoms with Crippen LogP contribution in [0.25, 0.3) is 0 Å². The molecule has 2 atom stereocenters. The van der Waals surface area contributed by atoms with Crippen molar-refractivity contribution in [3.63, 3.8) is 0 Å². The highest BCUT2D eigenvalue weighted by Gasteiger charge is 2.22. The Hall–Kier alpha value is -2.56. The van der Waals surface area contributed by atoms with Gasteiger partial charge in [0.25, 0.3) is 5.91 Å². The lowest BCUT2D eigenvalue weighted by atomic mass is 10.1. The monoisotopic (exact) mass is 343 g/mol. The molecule has 0 bridgehead atoms. The zero-order valence-corrected chi connectivity index (χ0v) is 15.2. The normalized spacial score (nSPS) is 13.1. The van der Waals surface area contributed by atoms with Gasteiger partial charge in [-0.05, 0) is 52.2 Å². The van der Waals surface area contributed by atoms with Gasteiger partial charge in [0.2, 0.25) is 0 Å². The molecule has 0 fully saturated rings. The number of amides is 1. The summed E-state index contributed by atoms with van der Waals surface area (Å²) in [5.41, 5.74) is 1.59. The Morgan fingerprint density at radius 3 is 2.44 bits per heavy atom. The zero-order chi connectivity index (χ0) is 18.4. The molecule has 5 nitrogen and oxygen atoms in total. The third-order valence-corrected chi connectivity index (χ3v) is 4.01. The minimum Gasteiger partial charge on any atom is -0.466 e. The van der Waals surface area contributed by atoms with Crippen LogP contribution in [0.15, 0.2) is 40.8 Å². The van der Waals surface area contributed by atoms with E-state index in [2.05, 4.69) is 17.4 Å². The maximum Gasteiger partial charge on any atom is 0.342 e. The van der Waals surface area contributed by atoms with Crippen LogP contribution in [0.3, 0.4) is 0 Å². The van der Waals surface area contributed by atoms with Crippen molar-refractivity contribution >= 4 is 11.9 Å². The van der Waals surface area contributed by atoms with Crippen LogP contribution < -0.4 is 5.32 Å². The second-order valence-electron chi connectivity index (χ2n) is 6.31. The van der Waals surface area contributed by atoms with Crippen molar-refractivity contribution in [3.8, 4) is 0 Å². The van der Waals surface area contributed by atoms with Crippen molar-refractivity contribution in [2.75, 3.05) is 0 Å². The lowest BCUT2D eigenvalue weighted by Crippen LogP contribution is -2.41. The van der Waals surface area contributed by atoms with Gasteiger partial charge >= 0.3 is 5.97 Å². The molecular formula is C20H25NO4. The molecular weight excluding hydrogens is 318 g/mol.